The third-order valence-corrected chi connectivity index (χ3v) is 4.97. The smallest absolute Gasteiger partial charge is 0.114 e. The summed E-state index contributed by atoms with van der Waals surface area (Å²) in [6.45, 7) is 5.65. The van der Waals surface area contributed by atoms with Crippen molar-refractivity contribution in [2.75, 3.05) is 19.6 Å². The van der Waals surface area contributed by atoms with Gasteiger partial charge in [0.15, 0.2) is 0 Å². The van der Waals surface area contributed by atoms with Gasteiger partial charge in [-0.05, 0) is 36.6 Å². The molecule has 0 atom stereocenters. The van der Waals surface area contributed by atoms with Gasteiger partial charge in [0, 0.05) is 0 Å². The molecule has 0 radical (unpaired) electrons. The van der Waals surface area contributed by atoms with Crippen molar-refractivity contribution in [3.8, 4) is 0 Å². The van der Waals surface area contributed by atoms with E-state index in [1.807, 2.05) is 11.3 Å². The van der Waals surface area contributed by atoms with E-state index in [4.69, 9.17) is 0 Å². The first-order valence-electron chi connectivity index (χ1n) is 5.74. The number of thiophene rings is 1. The van der Waals surface area contributed by atoms with Crippen molar-refractivity contribution in [1.82, 2.24) is 0 Å². The maximum absolute atomic E-state index is 2.30. The summed E-state index contributed by atoms with van der Waals surface area (Å²) in [5, 5.41) is 2.21. The van der Waals surface area contributed by atoms with Crippen LogP contribution in [0.5, 0.6) is 0 Å². The van der Waals surface area contributed by atoms with E-state index in [-0.39, 0.29) is 0 Å². The lowest BCUT2D eigenvalue weighted by molar-refractivity contribution is -0.954. The molecule has 14 heavy (non-hydrogen) atoms. The topological polar surface area (TPSA) is 0 Å². The highest BCUT2D eigenvalue weighted by Gasteiger charge is 2.39. The van der Waals surface area contributed by atoms with E-state index in [0.29, 0.717) is 0 Å². The second-order valence-corrected chi connectivity index (χ2v) is 6.01. The van der Waals surface area contributed by atoms with Crippen molar-refractivity contribution in [2.45, 2.75) is 25.8 Å². The fraction of sp³-hybridized carbons (Fsp3) is 0.667. The van der Waals surface area contributed by atoms with Gasteiger partial charge in [-0.15, -0.1) is 11.3 Å². The molecular weight excluding hydrogens is 190 g/mol. The van der Waals surface area contributed by atoms with Gasteiger partial charge in [-0.1, -0.05) is 6.07 Å². The second-order valence-electron chi connectivity index (χ2n) is 4.98. The van der Waals surface area contributed by atoms with Crippen LogP contribution in [0.3, 0.4) is 0 Å². The van der Waals surface area contributed by atoms with Gasteiger partial charge in [0.05, 0.1) is 24.5 Å². The Hall–Kier alpha value is -0.340. The van der Waals surface area contributed by atoms with Crippen LogP contribution in [0, 0.1) is 5.92 Å². The molecule has 3 saturated heterocycles. The maximum atomic E-state index is 2.30. The molecule has 4 heterocycles. The highest BCUT2D eigenvalue weighted by molar-refractivity contribution is 7.09. The molecule has 0 saturated carbocycles. The minimum atomic E-state index is 1.08. The summed E-state index contributed by atoms with van der Waals surface area (Å²) < 4.78 is 1.40. The van der Waals surface area contributed by atoms with Crippen molar-refractivity contribution >= 4 is 11.3 Å². The molecule has 0 N–H and O–H groups in total. The molecule has 3 fully saturated rings. The highest BCUT2D eigenvalue weighted by atomic mass is 32.1. The average Bonchev–Trinajstić information content (AvgIpc) is 2.72. The van der Waals surface area contributed by atoms with Gasteiger partial charge < -0.3 is 4.48 Å². The van der Waals surface area contributed by atoms with Crippen molar-refractivity contribution in [3.63, 3.8) is 0 Å². The normalized spacial score (nSPS) is 36.1. The van der Waals surface area contributed by atoms with E-state index in [1.54, 1.807) is 4.88 Å². The lowest BCUT2D eigenvalue weighted by Gasteiger charge is -2.49. The first-order valence-corrected chi connectivity index (χ1v) is 6.62. The molecule has 0 aromatic carbocycles. The fourth-order valence-corrected chi connectivity index (χ4v) is 3.95. The Morgan fingerprint density at radius 1 is 1.21 bits per heavy atom. The molecule has 2 bridgehead atoms. The molecule has 3 aliphatic heterocycles. The van der Waals surface area contributed by atoms with Gasteiger partial charge >= 0.3 is 0 Å². The summed E-state index contributed by atoms with van der Waals surface area (Å²) in [4.78, 5) is 1.59. The van der Waals surface area contributed by atoms with E-state index in [9.17, 15) is 0 Å². The monoisotopic (exact) mass is 208 g/mol. The Kier molecular flexibility index (Phi) is 2.14. The largest absolute Gasteiger partial charge is 0.319 e. The van der Waals surface area contributed by atoms with Crippen LogP contribution in [-0.2, 0) is 6.54 Å². The minimum absolute atomic E-state index is 1.08. The van der Waals surface area contributed by atoms with E-state index >= 15 is 0 Å². The summed E-state index contributed by atoms with van der Waals surface area (Å²) in [5.41, 5.74) is 0. The minimum Gasteiger partial charge on any atom is -0.319 e. The number of rotatable bonds is 2. The van der Waals surface area contributed by atoms with Crippen LogP contribution in [0.15, 0.2) is 17.5 Å². The quantitative estimate of drug-likeness (QED) is 0.656. The van der Waals surface area contributed by atoms with E-state index in [2.05, 4.69) is 17.5 Å². The van der Waals surface area contributed by atoms with Gasteiger partial charge in [-0.25, -0.2) is 0 Å². The van der Waals surface area contributed by atoms with Gasteiger partial charge in [0.1, 0.15) is 6.54 Å². The number of fused-ring (bicyclic) bond motifs is 3. The molecular formula is C12H18NS+. The Morgan fingerprint density at radius 3 is 2.50 bits per heavy atom. The SMILES string of the molecule is c1csc(C[N+]23CCC(CC2)CC3)c1. The molecule has 1 aromatic rings. The molecule has 3 aliphatic rings. The maximum Gasteiger partial charge on any atom is 0.114 e. The van der Waals surface area contributed by atoms with Crippen molar-refractivity contribution < 1.29 is 4.48 Å². The summed E-state index contributed by atoms with van der Waals surface area (Å²) in [6.07, 6.45) is 4.47. The first-order chi connectivity index (χ1) is 6.86. The standard InChI is InChI=1S/C12H18NS/c1-2-12(14-9-1)10-13-6-3-11(4-7-13)5-8-13/h1-2,9,11H,3-8,10H2/q+1. The van der Waals surface area contributed by atoms with Crippen molar-refractivity contribution in [2.24, 2.45) is 5.92 Å². The number of hydrogen-bond acceptors (Lipinski definition) is 1. The van der Waals surface area contributed by atoms with Crippen LogP contribution in [0.4, 0.5) is 0 Å². The molecule has 0 amide bonds. The van der Waals surface area contributed by atoms with E-state index < -0.39 is 0 Å². The Labute approximate surface area is 89.9 Å². The van der Waals surface area contributed by atoms with Crippen LogP contribution >= 0.6 is 11.3 Å². The van der Waals surface area contributed by atoms with E-state index in [1.165, 1.54) is 49.9 Å². The van der Waals surface area contributed by atoms with Gasteiger partial charge in [-0.2, -0.15) is 0 Å². The zero-order valence-electron chi connectivity index (χ0n) is 8.61. The van der Waals surface area contributed by atoms with Crippen LogP contribution in [0.2, 0.25) is 0 Å². The van der Waals surface area contributed by atoms with Gasteiger partial charge in [0.2, 0.25) is 0 Å². The second kappa shape index (κ2) is 3.35. The summed E-state index contributed by atoms with van der Waals surface area (Å²) in [5.74, 6) is 1.08. The Morgan fingerprint density at radius 2 is 1.93 bits per heavy atom. The molecule has 0 unspecified atom stereocenters. The number of nitrogens with zero attached hydrogens (tertiary/aromatic N) is 1. The van der Waals surface area contributed by atoms with Crippen LogP contribution in [0.1, 0.15) is 24.1 Å². The molecule has 0 aliphatic carbocycles. The molecule has 1 aromatic heterocycles. The summed E-state index contributed by atoms with van der Waals surface area (Å²) in [6, 6.07) is 4.49. The van der Waals surface area contributed by atoms with Crippen molar-refractivity contribution in [1.29, 1.82) is 0 Å². The number of piperidine rings is 3. The van der Waals surface area contributed by atoms with Crippen LogP contribution in [0.25, 0.3) is 0 Å². The average molecular weight is 208 g/mol. The van der Waals surface area contributed by atoms with Crippen LogP contribution < -0.4 is 0 Å². The molecule has 0 spiro atoms. The highest BCUT2D eigenvalue weighted by Crippen LogP contribution is 2.35. The molecule has 76 valence electrons. The van der Waals surface area contributed by atoms with Crippen molar-refractivity contribution in [3.05, 3.63) is 22.4 Å². The number of quaternary nitrogens is 1. The number of hydrogen-bond donors (Lipinski definition) is 0. The summed E-state index contributed by atoms with van der Waals surface area (Å²) in [7, 11) is 0. The van der Waals surface area contributed by atoms with Gasteiger partial charge in [-0.3, -0.25) is 0 Å². The third-order valence-electron chi connectivity index (χ3n) is 4.11. The van der Waals surface area contributed by atoms with E-state index in [0.717, 1.165) is 5.92 Å². The molecule has 4 rings (SSSR count). The lowest BCUT2D eigenvalue weighted by atomic mass is 9.86. The Balaban J connectivity index is 1.76. The fourth-order valence-electron chi connectivity index (χ4n) is 3.11. The molecule has 1 nitrogen and oxygen atoms in total. The zero-order valence-corrected chi connectivity index (χ0v) is 9.43. The Bertz CT molecular complexity index is 282. The van der Waals surface area contributed by atoms with Gasteiger partial charge in [0.25, 0.3) is 0 Å². The predicted molar refractivity (Wildman–Crippen MR) is 60.2 cm³/mol. The molecule has 2 heteroatoms. The first kappa shape index (κ1) is 8.93. The zero-order chi connectivity index (χ0) is 9.43. The lowest BCUT2D eigenvalue weighted by Crippen LogP contribution is -2.57. The summed E-state index contributed by atoms with van der Waals surface area (Å²) >= 11 is 1.93. The predicted octanol–water partition coefficient (Wildman–Crippen LogP) is 2.88. The van der Waals surface area contributed by atoms with Crippen LogP contribution in [-0.4, -0.2) is 24.1 Å². The third kappa shape index (κ3) is 1.51.